The lowest BCUT2D eigenvalue weighted by Gasteiger charge is -2.37. The van der Waals surface area contributed by atoms with Gasteiger partial charge in [0.05, 0.1) is 18.4 Å². The first-order chi connectivity index (χ1) is 8.22. The van der Waals surface area contributed by atoms with Crippen molar-refractivity contribution in [2.24, 2.45) is 5.92 Å². The van der Waals surface area contributed by atoms with Crippen LogP contribution in [-0.4, -0.2) is 47.8 Å². The lowest BCUT2D eigenvalue weighted by atomic mass is 10.0. The summed E-state index contributed by atoms with van der Waals surface area (Å²) in [7, 11) is 1.35. The summed E-state index contributed by atoms with van der Waals surface area (Å²) < 4.78 is 4.60. The zero-order valence-corrected chi connectivity index (χ0v) is 9.80. The minimum atomic E-state index is -0.367. The molecular weight excluding hydrogens is 220 g/mol. The number of rotatable bonds is 4. The molecule has 0 saturated carbocycles. The molecule has 0 unspecified atom stereocenters. The lowest BCUT2D eigenvalue weighted by Crippen LogP contribution is -2.47. The van der Waals surface area contributed by atoms with Crippen LogP contribution in [0.4, 0.5) is 0 Å². The van der Waals surface area contributed by atoms with E-state index < -0.39 is 0 Å². The van der Waals surface area contributed by atoms with E-state index in [4.69, 9.17) is 5.11 Å². The third kappa shape index (κ3) is 2.81. The van der Waals surface area contributed by atoms with Gasteiger partial charge in [0.2, 0.25) is 0 Å². The fraction of sp³-hybridized carbons (Fsp3) is 0.500. The Hall–Kier alpha value is -1.46. The van der Waals surface area contributed by atoms with Crippen LogP contribution in [0.1, 0.15) is 16.1 Å². The molecule has 0 spiro atoms. The molecule has 1 saturated heterocycles. The summed E-state index contributed by atoms with van der Waals surface area (Å²) in [5.74, 6) is 0.0395. The summed E-state index contributed by atoms with van der Waals surface area (Å²) in [5, 5.41) is 8.90. The highest BCUT2D eigenvalue weighted by molar-refractivity contribution is 5.88. The van der Waals surface area contributed by atoms with Gasteiger partial charge in [0.15, 0.2) is 0 Å². The van der Waals surface area contributed by atoms with Crippen molar-refractivity contribution < 1.29 is 14.6 Å². The smallest absolute Gasteiger partial charge is 0.339 e. The first kappa shape index (κ1) is 12.0. The molecule has 1 aromatic heterocycles. The highest BCUT2D eigenvalue weighted by Gasteiger charge is 2.25. The average molecular weight is 236 g/mol. The Kier molecular flexibility index (Phi) is 3.71. The Balaban J connectivity index is 1.88. The molecule has 0 bridgehead atoms. The number of ether oxygens (including phenoxy) is 1. The van der Waals surface area contributed by atoms with E-state index in [1.54, 1.807) is 6.07 Å². The fourth-order valence-corrected chi connectivity index (χ4v) is 1.91. The standard InChI is InChI=1S/C12H16N2O3/c1-17-12(16)10-2-3-11(13-4-10)7-14-5-9(6-14)8-15/h2-4,9,15H,5-8H2,1H3. The van der Waals surface area contributed by atoms with Crippen LogP contribution >= 0.6 is 0 Å². The number of esters is 1. The third-order valence-electron chi connectivity index (χ3n) is 2.92. The SMILES string of the molecule is COC(=O)c1ccc(CN2CC(CO)C2)nc1. The lowest BCUT2D eigenvalue weighted by molar-refractivity contribution is 0.0469. The fourth-order valence-electron chi connectivity index (χ4n) is 1.91. The molecule has 2 heterocycles. The van der Waals surface area contributed by atoms with Crippen LogP contribution in [0.2, 0.25) is 0 Å². The van der Waals surface area contributed by atoms with E-state index in [2.05, 4.69) is 14.6 Å². The molecule has 2 rings (SSSR count). The molecule has 17 heavy (non-hydrogen) atoms. The molecule has 0 aliphatic carbocycles. The van der Waals surface area contributed by atoms with E-state index in [0.29, 0.717) is 11.5 Å². The maximum Gasteiger partial charge on any atom is 0.339 e. The molecule has 5 heteroatoms. The number of hydrogen-bond donors (Lipinski definition) is 1. The monoisotopic (exact) mass is 236 g/mol. The second kappa shape index (κ2) is 5.25. The minimum Gasteiger partial charge on any atom is -0.465 e. The van der Waals surface area contributed by atoms with E-state index in [9.17, 15) is 4.79 Å². The van der Waals surface area contributed by atoms with Gasteiger partial charge in [-0.3, -0.25) is 9.88 Å². The van der Waals surface area contributed by atoms with Crippen molar-refractivity contribution in [2.45, 2.75) is 6.54 Å². The highest BCUT2D eigenvalue weighted by Crippen LogP contribution is 2.17. The summed E-state index contributed by atoms with van der Waals surface area (Å²) in [5.41, 5.74) is 1.39. The molecule has 0 atom stereocenters. The van der Waals surface area contributed by atoms with E-state index in [1.165, 1.54) is 13.3 Å². The van der Waals surface area contributed by atoms with Crippen molar-refractivity contribution in [1.29, 1.82) is 0 Å². The van der Waals surface area contributed by atoms with Gasteiger partial charge in [-0.1, -0.05) is 0 Å². The summed E-state index contributed by atoms with van der Waals surface area (Å²) in [6, 6.07) is 3.55. The first-order valence-electron chi connectivity index (χ1n) is 5.59. The number of carbonyl (C=O) groups excluding carboxylic acids is 1. The van der Waals surface area contributed by atoms with Gasteiger partial charge in [-0.2, -0.15) is 0 Å². The predicted molar refractivity (Wildman–Crippen MR) is 61.4 cm³/mol. The number of aromatic nitrogens is 1. The van der Waals surface area contributed by atoms with Crippen LogP contribution in [0.15, 0.2) is 18.3 Å². The van der Waals surface area contributed by atoms with Crippen molar-refractivity contribution >= 4 is 5.97 Å². The molecular formula is C12H16N2O3. The number of pyridine rings is 1. The van der Waals surface area contributed by atoms with E-state index in [1.807, 2.05) is 6.07 Å². The number of methoxy groups -OCH3 is 1. The van der Waals surface area contributed by atoms with Gasteiger partial charge in [-0.25, -0.2) is 4.79 Å². The molecule has 1 aliphatic rings. The maximum absolute atomic E-state index is 11.2. The molecule has 0 radical (unpaired) electrons. The van der Waals surface area contributed by atoms with Gasteiger partial charge >= 0.3 is 5.97 Å². The Morgan fingerprint density at radius 1 is 1.59 bits per heavy atom. The van der Waals surface area contributed by atoms with Crippen LogP contribution in [0.25, 0.3) is 0 Å². The second-order valence-electron chi connectivity index (χ2n) is 4.27. The molecule has 1 aliphatic heterocycles. The summed E-state index contributed by atoms with van der Waals surface area (Å²) in [4.78, 5) is 17.6. The molecule has 92 valence electrons. The quantitative estimate of drug-likeness (QED) is 0.761. The van der Waals surface area contributed by atoms with Gasteiger partial charge in [-0.05, 0) is 12.1 Å². The zero-order chi connectivity index (χ0) is 12.3. The van der Waals surface area contributed by atoms with Crippen molar-refractivity contribution in [2.75, 3.05) is 26.8 Å². The molecule has 1 fully saturated rings. The van der Waals surface area contributed by atoms with Crippen LogP contribution in [-0.2, 0) is 11.3 Å². The number of carbonyl (C=O) groups is 1. The van der Waals surface area contributed by atoms with Crippen molar-refractivity contribution in [1.82, 2.24) is 9.88 Å². The van der Waals surface area contributed by atoms with Crippen molar-refractivity contribution in [3.8, 4) is 0 Å². The van der Waals surface area contributed by atoms with Gasteiger partial charge in [0, 0.05) is 38.4 Å². The average Bonchev–Trinajstić information content (AvgIpc) is 2.33. The number of aliphatic hydroxyl groups is 1. The van der Waals surface area contributed by atoms with Crippen molar-refractivity contribution in [3.05, 3.63) is 29.6 Å². The van der Waals surface area contributed by atoms with E-state index in [-0.39, 0.29) is 12.6 Å². The molecule has 1 aromatic rings. The first-order valence-corrected chi connectivity index (χ1v) is 5.59. The Morgan fingerprint density at radius 3 is 2.88 bits per heavy atom. The largest absolute Gasteiger partial charge is 0.465 e. The summed E-state index contributed by atoms with van der Waals surface area (Å²) >= 11 is 0. The molecule has 0 amide bonds. The summed E-state index contributed by atoms with van der Waals surface area (Å²) in [6.07, 6.45) is 1.53. The summed E-state index contributed by atoms with van der Waals surface area (Å²) in [6.45, 7) is 2.84. The van der Waals surface area contributed by atoms with Crippen LogP contribution in [0.3, 0.4) is 0 Å². The van der Waals surface area contributed by atoms with E-state index in [0.717, 1.165) is 25.3 Å². The van der Waals surface area contributed by atoms with Crippen LogP contribution in [0.5, 0.6) is 0 Å². The van der Waals surface area contributed by atoms with Gasteiger partial charge in [-0.15, -0.1) is 0 Å². The minimum absolute atomic E-state index is 0.255. The molecule has 0 aromatic carbocycles. The molecule has 5 nitrogen and oxygen atoms in total. The highest BCUT2D eigenvalue weighted by atomic mass is 16.5. The van der Waals surface area contributed by atoms with E-state index >= 15 is 0 Å². The Bertz CT molecular complexity index is 385. The second-order valence-corrected chi connectivity index (χ2v) is 4.27. The normalized spacial score (nSPS) is 16.6. The van der Waals surface area contributed by atoms with Crippen LogP contribution in [0, 0.1) is 5.92 Å². The molecule has 1 N–H and O–H groups in total. The topological polar surface area (TPSA) is 62.7 Å². The Morgan fingerprint density at radius 2 is 2.35 bits per heavy atom. The third-order valence-corrected chi connectivity index (χ3v) is 2.92. The number of likely N-dealkylation sites (tertiary alicyclic amines) is 1. The predicted octanol–water partition coefficient (Wildman–Crippen LogP) is 0.292. The van der Waals surface area contributed by atoms with Crippen molar-refractivity contribution in [3.63, 3.8) is 0 Å². The maximum atomic E-state index is 11.2. The zero-order valence-electron chi connectivity index (χ0n) is 9.80. The van der Waals surface area contributed by atoms with Gasteiger partial charge in [0.1, 0.15) is 0 Å². The number of nitrogens with zero attached hydrogens (tertiary/aromatic N) is 2. The number of hydrogen-bond acceptors (Lipinski definition) is 5. The van der Waals surface area contributed by atoms with Crippen LogP contribution < -0.4 is 0 Å². The number of aliphatic hydroxyl groups excluding tert-OH is 1. The Labute approximate surface area is 100 Å². The van der Waals surface area contributed by atoms with Gasteiger partial charge in [0.25, 0.3) is 0 Å². The van der Waals surface area contributed by atoms with Gasteiger partial charge < -0.3 is 9.84 Å².